The number of methoxy groups -OCH3 is 3. The maximum absolute atomic E-state index is 13.8. The first kappa shape index (κ1) is 24.3. The Balaban J connectivity index is 1.64. The van der Waals surface area contributed by atoms with Gasteiger partial charge in [-0.15, -0.1) is 0 Å². The van der Waals surface area contributed by atoms with Crippen LogP contribution in [0.5, 0.6) is 17.2 Å². The van der Waals surface area contributed by atoms with E-state index < -0.39 is 17.0 Å². The lowest BCUT2D eigenvalue weighted by Crippen LogP contribution is -2.48. The summed E-state index contributed by atoms with van der Waals surface area (Å²) in [5.41, 5.74) is -0.101. The van der Waals surface area contributed by atoms with Gasteiger partial charge in [0.15, 0.2) is 11.5 Å². The molecule has 2 aromatic rings. The number of carbonyl (C=O) groups excluding carboxylic acids is 2. The first-order chi connectivity index (χ1) is 15.7. The molecule has 0 spiro atoms. The van der Waals surface area contributed by atoms with Crippen LogP contribution in [0.25, 0.3) is 0 Å². The van der Waals surface area contributed by atoms with Gasteiger partial charge in [-0.2, -0.15) is 0 Å². The molecular formula is C24H28F2N2O5. The third-order valence-electron chi connectivity index (χ3n) is 6.07. The van der Waals surface area contributed by atoms with Crippen molar-refractivity contribution in [1.29, 1.82) is 0 Å². The van der Waals surface area contributed by atoms with E-state index in [0.717, 1.165) is 12.1 Å². The van der Waals surface area contributed by atoms with E-state index in [2.05, 4.69) is 5.32 Å². The van der Waals surface area contributed by atoms with E-state index in [-0.39, 0.29) is 23.9 Å². The summed E-state index contributed by atoms with van der Waals surface area (Å²) in [6.45, 7) is 2.55. The van der Waals surface area contributed by atoms with E-state index in [9.17, 15) is 18.4 Å². The number of rotatable bonds is 7. The summed E-state index contributed by atoms with van der Waals surface area (Å²) < 4.78 is 42.8. The first-order valence-electron chi connectivity index (χ1n) is 10.5. The van der Waals surface area contributed by atoms with Crippen LogP contribution in [-0.2, 0) is 11.3 Å². The molecule has 0 aliphatic carbocycles. The van der Waals surface area contributed by atoms with Crippen molar-refractivity contribution >= 4 is 11.8 Å². The summed E-state index contributed by atoms with van der Waals surface area (Å²) in [6.07, 6.45) is 0.891. The van der Waals surface area contributed by atoms with E-state index in [1.807, 2.05) is 6.92 Å². The molecule has 1 fully saturated rings. The van der Waals surface area contributed by atoms with Gasteiger partial charge in [-0.1, -0.05) is 13.0 Å². The molecule has 178 valence electrons. The highest BCUT2D eigenvalue weighted by molar-refractivity contribution is 5.96. The number of piperidine rings is 1. The minimum atomic E-state index is -0.706. The van der Waals surface area contributed by atoms with Crippen LogP contribution in [0, 0.1) is 17.0 Å². The van der Waals surface area contributed by atoms with Crippen LogP contribution in [-0.4, -0.2) is 51.1 Å². The van der Waals surface area contributed by atoms with Gasteiger partial charge in [-0.05, 0) is 31.0 Å². The highest BCUT2D eigenvalue weighted by atomic mass is 19.1. The average molecular weight is 462 g/mol. The fourth-order valence-electron chi connectivity index (χ4n) is 3.87. The van der Waals surface area contributed by atoms with E-state index in [0.29, 0.717) is 48.7 Å². The Morgan fingerprint density at radius 3 is 2.12 bits per heavy atom. The Morgan fingerprint density at radius 1 is 1.00 bits per heavy atom. The highest BCUT2D eigenvalue weighted by Gasteiger charge is 2.38. The van der Waals surface area contributed by atoms with Gasteiger partial charge < -0.3 is 24.4 Å². The lowest BCUT2D eigenvalue weighted by atomic mass is 9.79. The summed E-state index contributed by atoms with van der Waals surface area (Å²) >= 11 is 0. The molecule has 0 aromatic heterocycles. The van der Waals surface area contributed by atoms with Crippen LogP contribution in [0.2, 0.25) is 0 Å². The van der Waals surface area contributed by atoms with Crippen LogP contribution in [0.4, 0.5) is 8.78 Å². The molecule has 33 heavy (non-hydrogen) atoms. The predicted octanol–water partition coefficient (Wildman–Crippen LogP) is 3.55. The zero-order chi connectivity index (χ0) is 24.2. The number of hydrogen-bond acceptors (Lipinski definition) is 5. The van der Waals surface area contributed by atoms with Crippen LogP contribution in [0.1, 0.15) is 35.7 Å². The molecule has 0 radical (unpaired) electrons. The summed E-state index contributed by atoms with van der Waals surface area (Å²) in [5.74, 6) is -0.637. The van der Waals surface area contributed by atoms with Crippen molar-refractivity contribution in [3.8, 4) is 17.2 Å². The number of hydrogen-bond donors (Lipinski definition) is 1. The standard InChI is InChI=1S/C24H28F2N2O5/c1-24(23(30)27-14-15-5-6-17(25)13-18(15)26)7-9-28(10-8-24)22(29)16-11-19(31-2)21(33-4)20(12-16)32-3/h5-6,11-13H,7-10,14H2,1-4H3,(H,27,30). The molecule has 1 aliphatic heterocycles. The molecule has 1 aliphatic rings. The average Bonchev–Trinajstić information content (AvgIpc) is 2.82. The predicted molar refractivity (Wildman–Crippen MR) is 118 cm³/mol. The number of amides is 2. The van der Waals surface area contributed by atoms with Gasteiger partial charge in [0, 0.05) is 42.2 Å². The molecule has 7 nitrogen and oxygen atoms in total. The van der Waals surface area contributed by atoms with Gasteiger partial charge in [0.2, 0.25) is 11.7 Å². The second-order valence-electron chi connectivity index (χ2n) is 8.19. The van der Waals surface area contributed by atoms with E-state index in [1.54, 1.807) is 17.0 Å². The first-order valence-corrected chi connectivity index (χ1v) is 10.5. The summed E-state index contributed by atoms with van der Waals surface area (Å²) in [6, 6.07) is 6.45. The van der Waals surface area contributed by atoms with Crippen molar-refractivity contribution < 1.29 is 32.6 Å². The van der Waals surface area contributed by atoms with Crippen molar-refractivity contribution in [2.75, 3.05) is 34.4 Å². The number of nitrogens with zero attached hydrogens (tertiary/aromatic N) is 1. The van der Waals surface area contributed by atoms with Gasteiger partial charge in [0.25, 0.3) is 5.91 Å². The van der Waals surface area contributed by atoms with Crippen molar-refractivity contribution in [3.05, 3.63) is 53.1 Å². The quantitative estimate of drug-likeness (QED) is 0.681. The number of carbonyl (C=O) groups is 2. The number of likely N-dealkylation sites (tertiary alicyclic amines) is 1. The molecule has 0 bridgehead atoms. The van der Waals surface area contributed by atoms with Gasteiger partial charge in [-0.25, -0.2) is 8.78 Å². The van der Waals surface area contributed by atoms with Crippen molar-refractivity contribution in [1.82, 2.24) is 10.2 Å². The van der Waals surface area contributed by atoms with Gasteiger partial charge in [-0.3, -0.25) is 9.59 Å². The maximum Gasteiger partial charge on any atom is 0.254 e. The SMILES string of the molecule is COc1cc(C(=O)N2CCC(C)(C(=O)NCc3ccc(F)cc3F)CC2)cc(OC)c1OC. The molecular weight excluding hydrogens is 434 g/mol. The van der Waals surface area contributed by atoms with Gasteiger partial charge in [0.1, 0.15) is 11.6 Å². The monoisotopic (exact) mass is 462 g/mol. The lowest BCUT2D eigenvalue weighted by molar-refractivity contribution is -0.132. The Morgan fingerprint density at radius 2 is 1.61 bits per heavy atom. The summed E-state index contributed by atoms with van der Waals surface area (Å²) in [5, 5.41) is 2.74. The minimum absolute atomic E-state index is 0.0331. The molecule has 2 aromatic carbocycles. The Bertz CT molecular complexity index is 1010. The van der Waals surface area contributed by atoms with Crippen molar-refractivity contribution in [2.45, 2.75) is 26.3 Å². The largest absolute Gasteiger partial charge is 0.493 e. The maximum atomic E-state index is 13.8. The number of ether oxygens (including phenoxy) is 3. The van der Waals surface area contributed by atoms with Gasteiger partial charge >= 0.3 is 0 Å². The normalized spacial score (nSPS) is 15.0. The Hall–Kier alpha value is -3.36. The molecule has 0 unspecified atom stereocenters. The van der Waals surface area contributed by atoms with Crippen LogP contribution >= 0.6 is 0 Å². The van der Waals surface area contributed by atoms with Crippen LogP contribution in [0.15, 0.2) is 30.3 Å². The smallest absolute Gasteiger partial charge is 0.254 e. The van der Waals surface area contributed by atoms with E-state index >= 15 is 0 Å². The number of halogens is 2. The Kier molecular flexibility index (Phi) is 7.40. The topological polar surface area (TPSA) is 77.1 Å². The molecule has 9 heteroatoms. The molecule has 1 saturated heterocycles. The number of benzene rings is 2. The fraction of sp³-hybridized carbons (Fsp3) is 0.417. The molecule has 0 atom stereocenters. The van der Waals surface area contributed by atoms with Crippen molar-refractivity contribution in [2.24, 2.45) is 5.41 Å². The van der Waals surface area contributed by atoms with Gasteiger partial charge in [0.05, 0.1) is 21.3 Å². The zero-order valence-electron chi connectivity index (χ0n) is 19.2. The van der Waals surface area contributed by atoms with Crippen molar-refractivity contribution in [3.63, 3.8) is 0 Å². The molecule has 1 N–H and O–H groups in total. The van der Waals surface area contributed by atoms with Crippen LogP contribution < -0.4 is 19.5 Å². The summed E-state index contributed by atoms with van der Waals surface area (Å²) in [7, 11) is 4.45. The third-order valence-corrected chi connectivity index (χ3v) is 6.07. The molecule has 0 saturated carbocycles. The summed E-state index contributed by atoms with van der Waals surface area (Å²) in [4.78, 5) is 27.6. The zero-order valence-corrected chi connectivity index (χ0v) is 19.2. The number of nitrogens with one attached hydrogen (secondary N) is 1. The molecule has 3 rings (SSSR count). The third kappa shape index (κ3) is 5.18. The Labute approximate surface area is 191 Å². The van der Waals surface area contributed by atoms with E-state index in [1.165, 1.54) is 27.4 Å². The fourth-order valence-corrected chi connectivity index (χ4v) is 3.87. The van der Waals surface area contributed by atoms with E-state index in [4.69, 9.17) is 14.2 Å². The highest BCUT2D eigenvalue weighted by Crippen LogP contribution is 2.39. The molecule has 1 heterocycles. The van der Waals surface area contributed by atoms with Crippen LogP contribution in [0.3, 0.4) is 0 Å². The lowest BCUT2D eigenvalue weighted by Gasteiger charge is -2.38. The second kappa shape index (κ2) is 10.1. The second-order valence-corrected chi connectivity index (χ2v) is 8.19. The molecule has 2 amide bonds. The minimum Gasteiger partial charge on any atom is -0.493 e.